The lowest BCUT2D eigenvalue weighted by atomic mass is 10.2. The summed E-state index contributed by atoms with van der Waals surface area (Å²) < 4.78 is 5.13. The molecule has 1 heterocycles. The Bertz CT molecular complexity index is 809. The molecule has 3 rings (SSSR count). The topological polar surface area (TPSA) is 41.9 Å². The lowest BCUT2D eigenvalue weighted by molar-refractivity contribution is 0.0860. The van der Waals surface area contributed by atoms with Crippen LogP contribution in [0.5, 0.6) is 5.75 Å². The van der Waals surface area contributed by atoms with Crippen LogP contribution in [0.2, 0.25) is 10.0 Å². The van der Waals surface area contributed by atoms with E-state index < -0.39 is 0 Å². The quantitative estimate of drug-likeness (QED) is 0.751. The fourth-order valence-corrected chi connectivity index (χ4v) is 3.71. The van der Waals surface area contributed by atoms with E-state index in [2.05, 4.69) is 4.99 Å². The van der Waals surface area contributed by atoms with Gasteiger partial charge in [0, 0.05) is 17.9 Å². The summed E-state index contributed by atoms with van der Waals surface area (Å²) in [6, 6.07) is 12.6. The number of benzene rings is 2. The summed E-state index contributed by atoms with van der Waals surface area (Å²) >= 11 is 13.5. The third-order valence-electron chi connectivity index (χ3n) is 3.74. The lowest BCUT2D eigenvalue weighted by Crippen LogP contribution is -2.32. The Labute approximate surface area is 160 Å². The predicted molar refractivity (Wildman–Crippen MR) is 104 cm³/mol. The first-order valence-corrected chi connectivity index (χ1v) is 9.40. The largest absolute Gasteiger partial charge is 0.497 e. The van der Waals surface area contributed by atoms with E-state index in [9.17, 15) is 4.79 Å². The van der Waals surface area contributed by atoms with Gasteiger partial charge in [-0.1, -0.05) is 41.0 Å². The SMILES string of the molecule is COc1ccc(C(=O)N2CCN=C2SCc2ccc(Cl)c(Cl)c2)cc1. The second-order valence-corrected chi connectivity index (χ2v) is 7.14. The van der Waals surface area contributed by atoms with E-state index in [4.69, 9.17) is 27.9 Å². The number of thioether (sulfide) groups is 1. The van der Waals surface area contributed by atoms with Crippen LogP contribution in [0.4, 0.5) is 0 Å². The average Bonchev–Trinajstić information content (AvgIpc) is 3.10. The van der Waals surface area contributed by atoms with Gasteiger partial charge in [0.05, 0.1) is 23.7 Å². The zero-order valence-corrected chi connectivity index (χ0v) is 15.9. The molecule has 130 valence electrons. The smallest absolute Gasteiger partial charge is 0.259 e. The number of aliphatic imine (C=N–C) groups is 1. The van der Waals surface area contributed by atoms with Crippen LogP contribution in [0.3, 0.4) is 0 Å². The van der Waals surface area contributed by atoms with Gasteiger partial charge in [0.2, 0.25) is 0 Å². The van der Waals surface area contributed by atoms with Gasteiger partial charge in [-0.3, -0.25) is 14.7 Å². The normalized spacial score (nSPS) is 13.7. The van der Waals surface area contributed by atoms with Crippen molar-refractivity contribution in [2.75, 3.05) is 20.2 Å². The Kier molecular flexibility index (Phi) is 5.89. The molecule has 0 aromatic heterocycles. The van der Waals surface area contributed by atoms with Crippen LogP contribution in [0, 0.1) is 0 Å². The van der Waals surface area contributed by atoms with Gasteiger partial charge in [-0.05, 0) is 42.0 Å². The number of hydrogen-bond acceptors (Lipinski definition) is 4. The van der Waals surface area contributed by atoms with Crippen LogP contribution in [-0.2, 0) is 5.75 Å². The minimum absolute atomic E-state index is 0.0551. The fourth-order valence-electron chi connectivity index (χ4n) is 2.41. The van der Waals surface area contributed by atoms with E-state index in [0.717, 1.165) is 16.5 Å². The summed E-state index contributed by atoms with van der Waals surface area (Å²) in [7, 11) is 1.60. The minimum atomic E-state index is -0.0551. The number of halogens is 2. The molecular formula is C18H16Cl2N2O2S. The van der Waals surface area contributed by atoms with Gasteiger partial charge in [-0.2, -0.15) is 0 Å². The molecule has 2 aromatic rings. The number of hydrogen-bond donors (Lipinski definition) is 0. The molecule has 1 aliphatic rings. The third-order valence-corrected chi connectivity index (χ3v) is 5.56. The van der Waals surface area contributed by atoms with Gasteiger partial charge in [0.25, 0.3) is 5.91 Å². The van der Waals surface area contributed by atoms with Crippen molar-refractivity contribution >= 4 is 46.0 Å². The van der Waals surface area contributed by atoms with Crippen molar-refractivity contribution in [3.05, 3.63) is 63.6 Å². The first kappa shape index (κ1) is 18.1. The molecule has 7 heteroatoms. The first-order valence-electron chi connectivity index (χ1n) is 7.65. The summed E-state index contributed by atoms with van der Waals surface area (Å²) in [6.45, 7) is 1.21. The highest BCUT2D eigenvalue weighted by Crippen LogP contribution is 2.27. The molecule has 0 saturated carbocycles. The van der Waals surface area contributed by atoms with Gasteiger partial charge < -0.3 is 4.74 Å². The summed E-state index contributed by atoms with van der Waals surface area (Å²) in [4.78, 5) is 18.9. The molecule has 0 aliphatic carbocycles. The highest BCUT2D eigenvalue weighted by Gasteiger charge is 2.25. The summed E-state index contributed by atoms with van der Waals surface area (Å²) in [6.07, 6.45) is 0. The third kappa shape index (κ3) is 4.29. The van der Waals surface area contributed by atoms with Crippen molar-refractivity contribution in [1.29, 1.82) is 0 Å². The van der Waals surface area contributed by atoms with Gasteiger partial charge in [-0.25, -0.2) is 0 Å². The molecule has 0 N–H and O–H groups in total. The molecule has 0 bridgehead atoms. The summed E-state index contributed by atoms with van der Waals surface area (Å²) in [5.74, 6) is 1.34. The molecule has 0 atom stereocenters. The van der Waals surface area contributed by atoms with E-state index in [-0.39, 0.29) is 5.91 Å². The van der Waals surface area contributed by atoms with Crippen LogP contribution in [-0.4, -0.2) is 36.2 Å². The lowest BCUT2D eigenvalue weighted by Gasteiger charge is -2.18. The molecule has 0 spiro atoms. The zero-order valence-electron chi connectivity index (χ0n) is 13.5. The Morgan fingerprint density at radius 2 is 1.96 bits per heavy atom. The summed E-state index contributed by atoms with van der Waals surface area (Å²) in [5.41, 5.74) is 1.65. The van der Waals surface area contributed by atoms with Crippen molar-refractivity contribution in [3.8, 4) is 5.75 Å². The number of carbonyl (C=O) groups excluding carboxylic acids is 1. The van der Waals surface area contributed by atoms with Crippen molar-refractivity contribution in [3.63, 3.8) is 0 Å². The van der Waals surface area contributed by atoms with Crippen molar-refractivity contribution in [2.45, 2.75) is 5.75 Å². The number of amidine groups is 1. The monoisotopic (exact) mass is 394 g/mol. The van der Waals surface area contributed by atoms with Crippen molar-refractivity contribution in [1.82, 2.24) is 4.90 Å². The molecule has 0 radical (unpaired) electrons. The van der Waals surface area contributed by atoms with Crippen molar-refractivity contribution in [2.24, 2.45) is 4.99 Å². The number of methoxy groups -OCH3 is 1. The van der Waals surface area contributed by atoms with Gasteiger partial charge in [0.15, 0.2) is 5.17 Å². The van der Waals surface area contributed by atoms with E-state index >= 15 is 0 Å². The molecule has 0 unspecified atom stereocenters. The number of amides is 1. The van der Waals surface area contributed by atoms with Crippen LogP contribution in [0.15, 0.2) is 47.5 Å². The maximum atomic E-state index is 12.7. The predicted octanol–water partition coefficient (Wildman–Crippen LogP) is 4.75. The molecule has 0 fully saturated rings. The van der Waals surface area contributed by atoms with Crippen LogP contribution in [0.1, 0.15) is 15.9 Å². The van der Waals surface area contributed by atoms with E-state index in [1.165, 1.54) is 11.8 Å². The molecule has 1 aliphatic heterocycles. The standard InChI is InChI=1S/C18H16Cl2N2O2S/c1-24-14-5-3-13(4-6-14)17(23)22-9-8-21-18(22)25-11-12-2-7-15(19)16(20)10-12/h2-7,10H,8-9,11H2,1H3. The second-order valence-electron chi connectivity index (χ2n) is 5.39. The van der Waals surface area contributed by atoms with Gasteiger partial charge in [0.1, 0.15) is 5.75 Å². The molecular weight excluding hydrogens is 379 g/mol. The number of rotatable bonds is 4. The molecule has 25 heavy (non-hydrogen) atoms. The number of carbonyl (C=O) groups is 1. The first-order chi connectivity index (χ1) is 12.1. The molecule has 0 saturated heterocycles. The number of nitrogens with zero attached hydrogens (tertiary/aromatic N) is 2. The Hall–Kier alpha value is -1.69. The highest BCUT2D eigenvalue weighted by atomic mass is 35.5. The second kappa shape index (κ2) is 8.13. The Balaban J connectivity index is 1.67. The van der Waals surface area contributed by atoms with E-state index in [1.54, 1.807) is 42.3 Å². The average molecular weight is 395 g/mol. The van der Waals surface area contributed by atoms with Crippen molar-refractivity contribution < 1.29 is 9.53 Å². The fraction of sp³-hybridized carbons (Fsp3) is 0.222. The number of ether oxygens (including phenoxy) is 1. The van der Waals surface area contributed by atoms with Crippen LogP contribution >= 0.6 is 35.0 Å². The zero-order chi connectivity index (χ0) is 17.8. The Morgan fingerprint density at radius 3 is 2.64 bits per heavy atom. The van der Waals surface area contributed by atoms with Gasteiger partial charge in [-0.15, -0.1) is 0 Å². The van der Waals surface area contributed by atoms with E-state index in [1.807, 2.05) is 12.1 Å². The summed E-state index contributed by atoms with van der Waals surface area (Å²) in [5, 5.41) is 1.79. The van der Waals surface area contributed by atoms with Crippen LogP contribution in [0.25, 0.3) is 0 Å². The Morgan fingerprint density at radius 1 is 1.20 bits per heavy atom. The van der Waals surface area contributed by atoms with Crippen LogP contribution < -0.4 is 4.74 Å². The molecule has 4 nitrogen and oxygen atoms in total. The maximum absolute atomic E-state index is 12.7. The maximum Gasteiger partial charge on any atom is 0.259 e. The van der Waals surface area contributed by atoms with E-state index in [0.29, 0.717) is 34.5 Å². The highest BCUT2D eigenvalue weighted by molar-refractivity contribution is 8.13. The molecule has 1 amide bonds. The van der Waals surface area contributed by atoms with Gasteiger partial charge >= 0.3 is 0 Å². The minimum Gasteiger partial charge on any atom is -0.497 e. The molecule has 2 aromatic carbocycles.